The van der Waals surface area contributed by atoms with Crippen LogP contribution in [0.15, 0.2) is 54.6 Å². The molecule has 2 aromatic carbocycles. The molecule has 5 heteroatoms. The number of rotatable bonds is 8. The number of carbonyl (C=O) groups excluding carboxylic acids is 2. The second-order valence-corrected chi connectivity index (χ2v) is 7.26. The van der Waals surface area contributed by atoms with Crippen molar-refractivity contribution in [3.8, 4) is 0 Å². The molecule has 27 heavy (non-hydrogen) atoms. The van der Waals surface area contributed by atoms with Crippen molar-refractivity contribution < 1.29 is 14.4 Å². The summed E-state index contributed by atoms with van der Waals surface area (Å²) in [6.07, 6.45) is 5.78. The Morgan fingerprint density at radius 1 is 0.889 bits per heavy atom. The van der Waals surface area contributed by atoms with Crippen LogP contribution < -0.4 is 11.2 Å². The van der Waals surface area contributed by atoms with Gasteiger partial charge in [0, 0.05) is 0 Å². The molecule has 1 fully saturated rings. The molecule has 1 aliphatic rings. The van der Waals surface area contributed by atoms with E-state index in [0.717, 1.165) is 31.2 Å². The number of nitrogens with one attached hydrogen (secondary N) is 1. The average Bonchev–Trinajstić information content (AvgIpc) is 3.44. The number of carbonyl (C=O) groups is 2. The number of hydroxylamine groups is 1. The topological polar surface area (TPSA) is 81.4 Å². The van der Waals surface area contributed by atoms with Gasteiger partial charge >= 0.3 is 5.97 Å². The molecule has 0 spiro atoms. The molecule has 5 nitrogen and oxygen atoms in total. The number of benzene rings is 2. The van der Waals surface area contributed by atoms with Gasteiger partial charge in [-0.05, 0) is 55.2 Å². The number of hydrogen-bond donors (Lipinski definition) is 2. The Kier molecular flexibility index (Phi) is 6.24. The molecule has 0 saturated heterocycles. The van der Waals surface area contributed by atoms with Crippen LogP contribution in [0.4, 0.5) is 0 Å². The summed E-state index contributed by atoms with van der Waals surface area (Å²) in [6.45, 7) is 0. The smallest absolute Gasteiger partial charge is 0.339 e. The van der Waals surface area contributed by atoms with Crippen molar-refractivity contribution in [2.75, 3.05) is 0 Å². The molecule has 3 N–H and O–H groups in total. The van der Waals surface area contributed by atoms with Crippen LogP contribution in [0.25, 0.3) is 0 Å². The first-order valence-corrected chi connectivity index (χ1v) is 9.46. The SMILES string of the molecule is NC1(C(=O)ONC(=O)Cc2ccc(CCCCc3ccccc3)cc2)CC1. The van der Waals surface area contributed by atoms with Gasteiger partial charge in [-0.1, -0.05) is 54.6 Å². The van der Waals surface area contributed by atoms with E-state index in [1.165, 1.54) is 11.1 Å². The third-order valence-electron chi connectivity index (χ3n) is 4.86. The molecule has 0 unspecified atom stereocenters. The van der Waals surface area contributed by atoms with Crippen molar-refractivity contribution in [1.82, 2.24) is 5.48 Å². The largest absolute Gasteiger partial charge is 0.351 e. The standard InChI is InChI=1S/C22H26N2O3/c23-22(14-15-22)21(26)27-24-20(25)16-19-12-10-18(11-13-19)9-5-4-8-17-6-2-1-3-7-17/h1-3,6-7,10-13H,4-5,8-9,14-16,23H2,(H,24,25). The Balaban J connectivity index is 1.35. The van der Waals surface area contributed by atoms with Crippen LogP contribution >= 0.6 is 0 Å². The fourth-order valence-corrected chi connectivity index (χ4v) is 2.89. The van der Waals surface area contributed by atoms with E-state index in [1.54, 1.807) is 0 Å². The highest BCUT2D eigenvalue weighted by Crippen LogP contribution is 2.32. The third kappa shape index (κ3) is 5.93. The van der Waals surface area contributed by atoms with Crippen molar-refractivity contribution >= 4 is 11.9 Å². The Labute approximate surface area is 159 Å². The van der Waals surface area contributed by atoms with Gasteiger partial charge in [0.15, 0.2) is 0 Å². The van der Waals surface area contributed by atoms with Gasteiger partial charge in [-0.2, -0.15) is 5.48 Å². The Morgan fingerprint density at radius 3 is 2.04 bits per heavy atom. The molecular formula is C22H26N2O3. The molecule has 2 aromatic rings. The lowest BCUT2D eigenvalue weighted by atomic mass is 10.0. The Hall–Kier alpha value is -2.66. The fraction of sp³-hybridized carbons (Fsp3) is 0.364. The average molecular weight is 366 g/mol. The van der Waals surface area contributed by atoms with Gasteiger partial charge in [-0.3, -0.25) is 4.79 Å². The lowest BCUT2D eigenvalue weighted by molar-refractivity contribution is -0.160. The van der Waals surface area contributed by atoms with Crippen LogP contribution in [0, 0.1) is 0 Å². The number of amides is 1. The minimum absolute atomic E-state index is 0.166. The Bertz CT molecular complexity index is 768. The first-order valence-electron chi connectivity index (χ1n) is 9.46. The molecule has 0 aromatic heterocycles. The summed E-state index contributed by atoms with van der Waals surface area (Å²) in [5.74, 6) is -0.926. The molecule has 0 heterocycles. The summed E-state index contributed by atoms with van der Waals surface area (Å²) in [5.41, 5.74) is 10.5. The minimum atomic E-state index is -0.893. The van der Waals surface area contributed by atoms with Crippen molar-refractivity contribution in [2.24, 2.45) is 5.73 Å². The summed E-state index contributed by atoms with van der Waals surface area (Å²) >= 11 is 0. The zero-order valence-electron chi connectivity index (χ0n) is 15.4. The summed E-state index contributed by atoms with van der Waals surface area (Å²) in [5, 5.41) is 0. The van der Waals surface area contributed by atoms with Crippen LogP contribution in [-0.4, -0.2) is 17.4 Å². The zero-order valence-corrected chi connectivity index (χ0v) is 15.4. The third-order valence-corrected chi connectivity index (χ3v) is 4.86. The molecule has 1 amide bonds. The fourth-order valence-electron chi connectivity index (χ4n) is 2.89. The van der Waals surface area contributed by atoms with E-state index < -0.39 is 11.5 Å². The summed E-state index contributed by atoms with van der Waals surface area (Å²) in [7, 11) is 0. The van der Waals surface area contributed by atoms with E-state index in [0.29, 0.717) is 12.8 Å². The van der Waals surface area contributed by atoms with Gasteiger partial charge in [0.2, 0.25) is 0 Å². The summed E-state index contributed by atoms with van der Waals surface area (Å²) in [4.78, 5) is 28.2. The first kappa shape index (κ1) is 19.1. The van der Waals surface area contributed by atoms with Crippen LogP contribution in [0.5, 0.6) is 0 Å². The van der Waals surface area contributed by atoms with E-state index in [4.69, 9.17) is 10.6 Å². The van der Waals surface area contributed by atoms with E-state index in [2.05, 4.69) is 41.9 Å². The van der Waals surface area contributed by atoms with Gasteiger partial charge in [-0.15, -0.1) is 0 Å². The van der Waals surface area contributed by atoms with E-state index in [-0.39, 0.29) is 12.3 Å². The van der Waals surface area contributed by atoms with Crippen LogP contribution in [0.2, 0.25) is 0 Å². The van der Waals surface area contributed by atoms with Crippen molar-refractivity contribution in [2.45, 2.75) is 50.5 Å². The van der Waals surface area contributed by atoms with Crippen LogP contribution in [-0.2, 0) is 33.7 Å². The lowest BCUT2D eigenvalue weighted by Crippen LogP contribution is -2.40. The predicted octanol–water partition coefficient (Wildman–Crippen LogP) is 2.86. The van der Waals surface area contributed by atoms with Gasteiger partial charge in [0.1, 0.15) is 5.54 Å². The maximum Gasteiger partial charge on any atom is 0.351 e. The lowest BCUT2D eigenvalue weighted by Gasteiger charge is -2.09. The maximum atomic E-state index is 11.9. The highest BCUT2D eigenvalue weighted by molar-refractivity contribution is 5.86. The summed E-state index contributed by atoms with van der Waals surface area (Å²) in [6, 6.07) is 18.5. The second-order valence-electron chi connectivity index (χ2n) is 7.26. The zero-order chi connectivity index (χ0) is 19.1. The molecule has 1 aliphatic carbocycles. The quantitative estimate of drug-likeness (QED) is 0.556. The number of unbranched alkanes of at least 4 members (excludes halogenated alkanes) is 1. The van der Waals surface area contributed by atoms with Gasteiger partial charge in [0.05, 0.1) is 6.42 Å². The van der Waals surface area contributed by atoms with Crippen LogP contribution in [0.3, 0.4) is 0 Å². The molecule has 0 atom stereocenters. The normalized spacial score (nSPS) is 14.4. The number of aryl methyl sites for hydroxylation is 2. The van der Waals surface area contributed by atoms with E-state index >= 15 is 0 Å². The second kappa shape index (κ2) is 8.82. The van der Waals surface area contributed by atoms with Crippen LogP contribution in [0.1, 0.15) is 42.4 Å². The predicted molar refractivity (Wildman–Crippen MR) is 104 cm³/mol. The first-order chi connectivity index (χ1) is 13.0. The maximum absolute atomic E-state index is 11.9. The number of nitrogens with two attached hydrogens (primary N) is 1. The monoisotopic (exact) mass is 366 g/mol. The molecule has 3 rings (SSSR count). The van der Waals surface area contributed by atoms with Gasteiger partial charge in [-0.25, -0.2) is 4.79 Å². The molecule has 1 saturated carbocycles. The molecule has 0 radical (unpaired) electrons. The highest BCUT2D eigenvalue weighted by Gasteiger charge is 2.48. The van der Waals surface area contributed by atoms with E-state index in [9.17, 15) is 9.59 Å². The number of hydrogen-bond acceptors (Lipinski definition) is 4. The van der Waals surface area contributed by atoms with Gasteiger partial charge in [0.25, 0.3) is 5.91 Å². The molecule has 142 valence electrons. The molecular weight excluding hydrogens is 340 g/mol. The molecule has 0 aliphatic heterocycles. The van der Waals surface area contributed by atoms with Crippen molar-refractivity contribution in [1.29, 1.82) is 0 Å². The minimum Gasteiger partial charge on any atom is -0.339 e. The Morgan fingerprint density at radius 2 is 1.44 bits per heavy atom. The molecule has 0 bridgehead atoms. The van der Waals surface area contributed by atoms with E-state index in [1.807, 2.05) is 18.2 Å². The van der Waals surface area contributed by atoms with Crippen molar-refractivity contribution in [3.05, 3.63) is 71.3 Å². The van der Waals surface area contributed by atoms with Gasteiger partial charge < -0.3 is 10.6 Å². The summed E-state index contributed by atoms with van der Waals surface area (Å²) < 4.78 is 0. The highest BCUT2D eigenvalue weighted by atomic mass is 16.7. The van der Waals surface area contributed by atoms with Crippen molar-refractivity contribution in [3.63, 3.8) is 0 Å².